The Morgan fingerprint density at radius 2 is 1.90 bits per heavy atom. The number of rotatable bonds is 6. The van der Waals surface area contributed by atoms with Crippen molar-refractivity contribution in [3.63, 3.8) is 0 Å². The molecule has 0 saturated carbocycles. The first-order valence-corrected chi connectivity index (χ1v) is 7.11. The second kappa shape index (κ2) is 8.38. The van der Waals surface area contributed by atoms with E-state index in [-0.39, 0.29) is 29.8 Å². The lowest BCUT2D eigenvalue weighted by Gasteiger charge is -2.22. The lowest BCUT2D eigenvalue weighted by atomic mass is 10.00. The molecule has 116 valence electrons. The molecular weight excluding hydrogens is 274 g/mol. The Labute approximate surface area is 128 Å². The minimum Gasteiger partial charge on any atom is -0.508 e. The fourth-order valence-corrected chi connectivity index (χ4v) is 2.02. The van der Waals surface area contributed by atoms with Crippen LogP contribution >= 0.6 is 12.4 Å². The number of nitrogens with two attached hydrogens (primary N) is 1. The molecular formula is C16H28ClNO2. The predicted octanol–water partition coefficient (Wildman–Crippen LogP) is 4.57. The molecule has 0 aliphatic heterocycles. The molecule has 0 amide bonds. The second-order valence-corrected chi connectivity index (χ2v) is 6.04. The van der Waals surface area contributed by atoms with Gasteiger partial charge in [0.1, 0.15) is 17.1 Å². The van der Waals surface area contributed by atoms with Gasteiger partial charge in [-0.25, -0.2) is 0 Å². The Bertz CT molecular complexity index is 402. The molecule has 1 atom stereocenters. The summed E-state index contributed by atoms with van der Waals surface area (Å²) in [6.45, 7) is 8.17. The number of phenols is 1. The number of hydrogen-bond acceptors (Lipinski definition) is 3. The van der Waals surface area contributed by atoms with Gasteiger partial charge in [-0.2, -0.15) is 0 Å². The molecule has 0 radical (unpaired) electrons. The highest BCUT2D eigenvalue weighted by atomic mass is 35.5. The van der Waals surface area contributed by atoms with E-state index >= 15 is 0 Å². The minimum atomic E-state index is -0.249. The van der Waals surface area contributed by atoms with Crippen LogP contribution in [0.5, 0.6) is 11.5 Å². The maximum Gasteiger partial charge on any atom is 0.120 e. The van der Waals surface area contributed by atoms with Crippen molar-refractivity contribution in [2.45, 2.75) is 65.0 Å². The molecule has 1 aromatic rings. The molecule has 4 heteroatoms. The maximum atomic E-state index is 9.92. The lowest BCUT2D eigenvalue weighted by molar-refractivity contribution is 0.130. The van der Waals surface area contributed by atoms with Crippen LogP contribution in [0.25, 0.3) is 0 Å². The first kappa shape index (κ1) is 19.1. The summed E-state index contributed by atoms with van der Waals surface area (Å²) < 4.78 is 5.81. The highest BCUT2D eigenvalue weighted by molar-refractivity contribution is 5.85. The molecule has 0 spiro atoms. The van der Waals surface area contributed by atoms with Gasteiger partial charge in [-0.3, -0.25) is 0 Å². The average Bonchev–Trinajstić information content (AvgIpc) is 2.30. The van der Waals surface area contributed by atoms with E-state index in [0.717, 1.165) is 24.2 Å². The van der Waals surface area contributed by atoms with Gasteiger partial charge in [0.2, 0.25) is 0 Å². The second-order valence-electron chi connectivity index (χ2n) is 6.04. The van der Waals surface area contributed by atoms with Crippen molar-refractivity contribution in [3.8, 4) is 11.5 Å². The summed E-state index contributed by atoms with van der Waals surface area (Å²) in [5.41, 5.74) is 6.68. The SMILES string of the molecule is CCCCC[C@H](N)c1cc(OC(C)(C)C)ccc1O.Cl. The highest BCUT2D eigenvalue weighted by Crippen LogP contribution is 2.31. The molecule has 1 rings (SSSR count). The normalized spacial score (nSPS) is 12.7. The largest absolute Gasteiger partial charge is 0.508 e. The van der Waals surface area contributed by atoms with E-state index in [4.69, 9.17) is 10.5 Å². The molecule has 3 N–H and O–H groups in total. The molecule has 0 fully saturated rings. The number of hydrogen-bond donors (Lipinski definition) is 2. The van der Waals surface area contributed by atoms with Gasteiger partial charge in [-0.05, 0) is 45.4 Å². The Morgan fingerprint density at radius 3 is 2.45 bits per heavy atom. The van der Waals surface area contributed by atoms with E-state index in [9.17, 15) is 5.11 Å². The fraction of sp³-hybridized carbons (Fsp3) is 0.625. The van der Waals surface area contributed by atoms with E-state index in [1.165, 1.54) is 12.8 Å². The van der Waals surface area contributed by atoms with Crippen LogP contribution in [0.3, 0.4) is 0 Å². The van der Waals surface area contributed by atoms with Crippen LogP contribution in [0.4, 0.5) is 0 Å². The molecule has 0 aliphatic rings. The topological polar surface area (TPSA) is 55.5 Å². The Morgan fingerprint density at radius 1 is 1.25 bits per heavy atom. The number of halogens is 1. The standard InChI is InChI=1S/C16H27NO2.ClH/c1-5-6-7-8-14(17)13-11-12(9-10-15(13)18)19-16(2,3)4;/h9-11,14,18H,5-8,17H2,1-4H3;1H/t14-;/m0./s1. The van der Waals surface area contributed by atoms with Gasteiger partial charge in [0.15, 0.2) is 0 Å². The number of ether oxygens (including phenoxy) is 1. The quantitative estimate of drug-likeness (QED) is 0.757. The van der Waals surface area contributed by atoms with E-state index in [1.54, 1.807) is 12.1 Å². The summed E-state index contributed by atoms with van der Waals surface area (Å²) in [5, 5.41) is 9.92. The van der Waals surface area contributed by atoms with Crippen molar-refractivity contribution in [2.24, 2.45) is 5.73 Å². The van der Waals surface area contributed by atoms with E-state index < -0.39 is 0 Å². The number of unbranched alkanes of at least 4 members (excludes halogenated alkanes) is 2. The third kappa shape index (κ3) is 6.49. The number of aromatic hydroxyl groups is 1. The maximum absolute atomic E-state index is 9.92. The van der Waals surface area contributed by atoms with Crippen LogP contribution in [-0.4, -0.2) is 10.7 Å². The monoisotopic (exact) mass is 301 g/mol. The van der Waals surface area contributed by atoms with Crippen molar-refractivity contribution in [1.82, 2.24) is 0 Å². The molecule has 3 nitrogen and oxygen atoms in total. The average molecular weight is 302 g/mol. The predicted molar refractivity (Wildman–Crippen MR) is 86.8 cm³/mol. The van der Waals surface area contributed by atoms with Crippen LogP contribution in [-0.2, 0) is 0 Å². The fourth-order valence-electron chi connectivity index (χ4n) is 2.02. The first-order valence-electron chi connectivity index (χ1n) is 7.11. The minimum absolute atomic E-state index is 0. The van der Waals surface area contributed by atoms with Crippen LogP contribution < -0.4 is 10.5 Å². The summed E-state index contributed by atoms with van der Waals surface area (Å²) >= 11 is 0. The van der Waals surface area contributed by atoms with Crippen molar-refractivity contribution in [2.75, 3.05) is 0 Å². The Hall–Kier alpha value is -0.930. The zero-order valence-electron chi connectivity index (χ0n) is 13.0. The summed E-state index contributed by atoms with van der Waals surface area (Å²) in [7, 11) is 0. The Kier molecular flexibility index (Phi) is 7.99. The van der Waals surface area contributed by atoms with Gasteiger partial charge in [-0.1, -0.05) is 26.2 Å². The van der Waals surface area contributed by atoms with Gasteiger partial charge in [-0.15, -0.1) is 12.4 Å². The zero-order chi connectivity index (χ0) is 14.5. The summed E-state index contributed by atoms with van der Waals surface area (Å²) in [6.07, 6.45) is 4.32. The van der Waals surface area contributed by atoms with E-state index in [2.05, 4.69) is 6.92 Å². The summed E-state index contributed by atoms with van der Waals surface area (Å²) in [4.78, 5) is 0. The number of phenolic OH excluding ortho intramolecular Hbond substituents is 1. The summed E-state index contributed by atoms with van der Waals surface area (Å²) in [5.74, 6) is 1.01. The molecule has 0 heterocycles. The molecule has 0 aliphatic carbocycles. The third-order valence-corrected chi connectivity index (χ3v) is 2.94. The van der Waals surface area contributed by atoms with Crippen LogP contribution in [0, 0.1) is 0 Å². The molecule has 0 unspecified atom stereocenters. The highest BCUT2D eigenvalue weighted by Gasteiger charge is 2.16. The molecule has 0 aromatic heterocycles. The van der Waals surface area contributed by atoms with Gasteiger partial charge in [0.05, 0.1) is 0 Å². The van der Waals surface area contributed by atoms with Gasteiger partial charge in [0, 0.05) is 11.6 Å². The molecule has 0 saturated heterocycles. The van der Waals surface area contributed by atoms with Gasteiger partial charge in [0.25, 0.3) is 0 Å². The molecule has 20 heavy (non-hydrogen) atoms. The summed E-state index contributed by atoms with van der Waals surface area (Å²) in [6, 6.07) is 5.17. The zero-order valence-corrected chi connectivity index (χ0v) is 13.8. The van der Waals surface area contributed by atoms with Gasteiger partial charge >= 0.3 is 0 Å². The van der Waals surface area contributed by atoms with Crippen molar-refractivity contribution < 1.29 is 9.84 Å². The molecule has 0 bridgehead atoms. The third-order valence-electron chi connectivity index (χ3n) is 2.94. The molecule has 1 aromatic carbocycles. The lowest BCUT2D eigenvalue weighted by Crippen LogP contribution is -2.23. The van der Waals surface area contributed by atoms with Crippen molar-refractivity contribution >= 4 is 12.4 Å². The van der Waals surface area contributed by atoms with E-state index in [0.29, 0.717) is 0 Å². The Balaban J connectivity index is 0.00000361. The van der Waals surface area contributed by atoms with Crippen molar-refractivity contribution in [3.05, 3.63) is 23.8 Å². The van der Waals surface area contributed by atoms with Crippen LogP contribution in [0.1, 0.15) is 65.0 Å². The first-order chi connectivity index (χ1) is 8.83. The van der Waals surface area contributed by atoms with E-state index in [1.807, 2.05) is 26.8 Å². The van der Waals surface area contributed by atoms with Crippen molar-refractivity contribution in [1.29, 1.82) is 0 Å². The van der Waals surface area contributed by atoms with Crippen LogP contribution in [0.2, 0.25) is 0 Å². The number of benzene rings is 1. The van der Waals surface area contributed by atoms with Crippen LogP contribution in [0.15, 0.2) is 18.2 Å². The smallest absolute Gasteiger partial charge is 0.120 e. The van der Waals surface area contributed by atoms with Gasteiger partial charge < -0.3 is 15.6 Å².